The van der Waals surface area contributed by atoms with Crippen LogP contribution in [0.3, 0.4) is 0 Å². The molecule has 1 atom stereocenters. The van der Waals surface area contributed by atoms with E-state index in [2.05, 4.69) is 27.7 Å². The summed E-state index contributed by atoms with van der Waals surface area (Å²) in [5.41, 5.74) is 0. The highest BCUT2D eigenvalue weighted by molar-refractivity contribution is 5.71. The first-order valence-corrected chi connectivity index (χ1v) is 26.9. The van der Waals surface area contributed by atoms with Crippen LogP contribution in [0.15, 0.2) is 0 Å². The molecule has 0 spiro atoms. The van der Waals surface area contributed by atoms with Crippen LogP contribution in [0, 0.1) is 5.92 Å². The molecule has 0 aliphatic rings. The summed E-state index contributed by atoms with van der Waals surface area (Å²) >= 11 is 0. The van der Waals surface area contributed by atoms with Crippen molar-refractivity contribution >= 4 is 17.9 Å². The summed E-state index contributed by atoms with van der Waals surface area (Å²) in [5, 5.41) is 0. The largest absolute Gasteiger partial charge is 0.462 e. The molecule has 60 heavy (non-hydrogen) atoms. The van der Waals surface area contributed by atoms with Crippen molar-refractivity contribution in [1.29, 1.82) is 0 Å². The van der Waals surface area contributed by atoms with E-state index >= 15 is 0 Å². The smallest absolute Gasteiger partial charge is 0.306 e. The highest BCUT2D eigenvalue weighted by Crippen LogP contribution is 2.17. The molecule has 0 radical (unpaired) electrons. The van der Waals surface area contributed by atoms with Crippen LogP contribution in [0.25, 0.3) is 0 Å². The van der Waals surface area contributed by atoms with Gasteiger partial charge in [-0.25, -0.2) is 0 Å². The van der Waals surface area contributed by atoms with Crippen LogP contribution in [0.4, 0.5) is 0 Å². The molecule has 0 unspecified atom stereocenters. The Morgan fingerprint density at radius 3 is 0.817 bits per heavy atom. The normalized spacial score (nSPS) is 11.9. The van der Waals surface area contributed by atoms with Gasteiger partial charge in [-0.05, 0) is 25.2 Å². The molecule has 0 aromatic carbocycles. The standard InChI is InChI=1S/C54H104O6/c1-5-7-9-11-13-15-17-19-20-22-26-30-34-38-42-46-53(56)59-49-51(48-58-52(55)45-41-37-33-29-25-21-18-16-14-12-10-8-6-2)60-54(57)47-43-39-35-31-27-23-24-28-32-36-40-44-50(3)4/h50-51H,5-49H2,1-4H3/t51-/m0/s1. The lowest BCUT2D eigenvalue weighted by atomic mass is 10.0. The fourth-order valence-electron chi connectivity index (χ4n) is 8.22. The number of unbranched alkanes of at least 4 members (excludes halogenated alkanes) is 36. The minimum Gasteiger partial charge on any atom is -0.462 e. The minimum atomic E-state index is -0.761. The first-order valence-electron chi connectivity index (χ1n) is 26.9. The molecule has 0 amide bonds. The van der Waals surface area contributed by atoms with Gasteiger partial charge in [0, 0.05) is 19.3 Å². The van der Waals surface area contributed by atoms with Gasteiger partial charge in [0.15, 0.2) is 6.10 Å². The molecule has 356 valence electrons. The molecule has 0 aromatic heterocycles. The first-order chi connectivity index (χ1) is 29.4. The van der Waals surface area contributed by atoms with Crippen molar-refractivity contribution in [1.82, 2.24) is 0 Å². The van der Waals surface area contributed by atoms with E-state index in [1.807, 2.05) is 0 Å². The molecule has 0 N–H and O–H groups in total. The molecule has 0 heterocycles. The number of ether oxygens (including phenoxy) is 3. The molecule has 0 saturated heterocycles. The number of hydrogen-bond acceptors (Lipinski definition) is 6. The van der Waals surface area contributed by atoms with Gasteiger partial charge >= 0.3 is 17.9 Å². The van der Waals surface area contributed by atoms with Crippen LogP contribution in [0.5, 0.6) is 0 Å². The number of carbonyl (C=O) groups is 3. The van der Waals surface area contributed by atoms with Crippen LogP contribution < -0.4 is 0 Å². The van der Waals surface area contributed by atoms with Crippen LogP contribution >= 0.6 is 0 Å². The lowest BCUT2D eigenvalue weighted by Crippen LogP contribution is -2.30. The first kappa shape index (κ1) is 58.4. The Kier molecular flexibility index (Phi) is 47.2. The van der Waals surface area contributed by atoms with E-state index < -0.39 is 6.10 Å². The zero-order valence-corrected chi connectivity index (χ0v) is 40.9. The second-order valence-corrected chi connectivity index (χ2v) is 19.0. The summed E-state index contributed by atoms with van der Waals surface area (Å²) in [6.07, 6.45) is 50.8. The van der Waals surface area contributed by atoms with E-state index in [1.165, 1.54) is 199 Å². The quantitative estimate of drug-likeness (QED) is 0.0345. The Hall–Kier alpha value is -1.59. The van der Waals surface area contributed by atoms with E-state index in [0.717, 1.165) is 63.7 Å². The van der Waals surface area contributed by atoms with Crippen molar-refractivity contribution in [2.75, 3.05) is 13.2 Å². The molecular weight excluding hydrogens is 745 g/mol. The predicted molar refractivity (Wildman–Crippen MR) is 257 cm³/mol. The molecule has 0 rings (SSSR count). The second-order valence-electron chi connectivity index (χ2n) is 19.0. The maximum absolute atomic E-state index is 12.8. The Labute approximate surface area is 374 Å². The van der Waals surface area contributed by atoms with Crippen LogP contribution in [-0.2, 0) is 28.6 Å². The molecule has 0 aromatic rings. The highest BCUT2D eigenvalue weighted by atomic mass is 16.6. The Balaban J connectivity index is 4.31. The Morgan fingerprint density at radius 2 is 0.550 bits per heavy atom. The monoisotopic (exact) mass is 849 g/mol. The van der Waals surface area contributed by atoms with Crippen molar-refractivity contribution in [3.05, 3.63) is 0 Å². The molecule has 0 saturated carbocycles. The molecule has 0 bridgehead atoms. The number of carbonyl (C=O) groups excluding carboxylic acids is 3. The lowest BCUT2D eigenvalue weighted by molar-refractivity contribution is -0.167. The van der Waals surface area contributed by atoms with Crippen LogP contribution in [-0.4, -0.2) is 37.2 Å². The second kappa shape index (κ2) is 48.4. The molecular formula is C54H104O6. The average Bonchev–Trinajstić information content (AvgIpc) is 3.23. The van der Waals surface area contributed by atoms with E-state index in [1.54, 1.807) is 0 Å². The minimum absolute atomic E-state index is 0.0624. The van der Waals surface area contributed by atoms with E-state index in [0.29, 0.717) is 19.3 Å². The summed E-state index contributed by atoms with van der Waals surface area (Å²) in [4.78, 5) is 38.0. The van der Waals surface area contributed by atoms with E-state index in [4.69, 9.17) is 14.2 Å². The molecule has 6 nitrogen and oxygen atoms in total. The Bertz CT molecular complexity index is 903. The van der Waals surface area contributed by atoms with Crippen LogP contribution in [0.1, 0.15) is 304 Å². The summed E-state index contributed by atoms with van der Waals surface area (Å²) in [5.74, 6) is -0.0162. The van der Waals surface area contributed by atoms with E-state index in [9.17, 15) is 14.4 Å². The van der Waals surface area contributed by atoms with Gasteiger partial charge in [-0.1, -0.05) is 265 Å². The summed E-state index contributed by atoms with van der Waals surface area (Å²) in [6.45, 7) is 9.03. The molecule has 0 aliphatic heterocycles. The van der Waals surface area contributed by atoms with E-state index in [-0.39, 0.29) is 31.1 Å². The average molecular weight is 849 g/mol. The fourth-order valence-corrected chi connectivity index (χ4v) is 8.22. The zero-order valence-electron chi connectivity index (χ0n) is 40.9. The number of hydrogen-bond donors (Lipinski definition) is 0. The summed E-state index contributed by atoms with van der Waals surface area (Å²) in [7, 11) is 0. The van der Waals surface area contributed by atoms with Crippen molar-refractivity contribution in [3.63, 3.8) is 0 Å². The van der Waals surface area contributed by atoms with Gasteiger partial charge in [0.25, 0.3) is 0 Å². The predicted octanol–water partition coefficient (Wildman–Crippen LogP) is 17.5. The third-order valence-electron chi connectivity index (χ3n) is 12.3. The third-order valence-corrected chi connectivity index (χ3v) is 12.3. The maximum atomic E-state index is 12.8. The van der Waals surface area contributed by atoms with Crippen molar-refractivity contribution in [2.24, 2.45) is 5.92 Å². The van der Waals surface area contributed by atoms with Gasteiger partial charge < -0.3 is 14.2 Å². The van der Waals surface area contributed by atoms with Gasteiger partial charge in [-0.2, -0.15) is 0 Å². The van der Waals surface area contributed by atoms with Gasteiger partial charge in [0.2, 0.25) is 0 Å². The fraction of sp³-hybridized carbons (Fsp3) is 0.944. The topological polar surface area (TPSA) is 78.9 Å². The van der Waals surface area contributed by atoms with Crippen molar-refractivity contribution in [2.45, 2.75) is 310 Å². The molecule has 0 fully saturated rings. The van der Waals surface area contributed by atoms with Gasteiger partial charge in [-0.3, -0.25) is 14.4 Å². The third kappa shape index (κ3) is 47.5. The van der Waals surface area contributed by atoms with Gasteiger partial charge in [0.05, 0.1) is 0 Å². The number of esters is 3. The lowest BCUT2D eigenvalue weighted by Gasteiger charge is -2.18. The van der Waals surface area contributed by atoms with Gasteiger partial charge in [-0.15, -0.1) is 0 Å². The molecule has 0 aliphatic carbocycles. The van der Waals surface area contributed by atoms with Gasteiger partial charge in [0.1, 0.15) is 13.2 Å². The SMILES string of the molecule is CCCCCCCCCCCCCCCCCC(=O)OC[C@H](COC(=O)CCCCCCCCCCCCCCC)OC(=O)CCCCCCCCCCCCCC(C)C. The zero-order chi connectivity index (χ0) is 43.8. The van der Waals surface area contributed by atoms with Crippen molar-refractivity contribution in [3.8, 4) is 0 Å². The molecule has 6 heteroatoms. The highest BCUT2D eigenvalue weighted by Gasteiger charge is 2.19. The van der Waals surface area contributed by atoms with Crippen molar-refractivity contribution < 1.29 is 28.6 Å². The summed E-state index contributed by atoms with van der Waals surface area (Å²) in [6, 6.07) is 0. The Morgan fingerprint density at radius 1 is 0.317 bits per heavy atom. The summed E-state index contributed by atoms with van der Waals surface area (Å²) < 4.78 is 16.8. The maximum Gasteiger partial charge on any atom is 0.306 e. The number of rotatable bonds is 49. The van der Waals surface area contributed by atoms with Crippen LogP contribution in [0.2, 0.25) is 0 Å².